The summed E-state index contributed by atoms with van der Waals surface area (Å²) in [6.07, 6.45) is 2.13. The Kier molecular flexibility index (Phi) is 9.42. The predicted molar refractivity (Wildman–Crippen MR) is 217 cm³/mol. The summed E-state index contributed by atoms with van der Waals surface area (Å²) in [6.45, 7) is 6.16. The number of para-hydroxylation sites is 4. The number of ether oxygens (including phenoxy) is 3. The van der Waals surface area contributed by atoms with E-state index in [0.717, 1.165) is 5.56 Å². The molecule has 4 aliphatic heterocycles. The molecule has 3 amide bonds. The molecule has 58 heavy (non-hydrogen) atoms. The van der Waals surface area contributed by atoms with Crippen molar-refractivity contribution in [1.82, 2.24) is 15.0 Å². The standard InChI is InChI=1S/C43H44N6O8Si/c1-27-41(58(2,3)54)38(18-20-46-24-29(19-21-50)44-45-46)57-43(27)32-22-31(49-35-9-5-7-11-37(35)56-26-40(49)52)16-17-33(32)47(42(43)53)23-28-12-14-30(15-13-28)48-34-8-4-6-10-36(34)55-25-39(48)51/h4-17,22,24,27,38,41,50,54H,18-21,23,25-26H2,1-3H3/t27-,38+,41-,43+/m1/s1. The fourth-order valence-electron chi connectivity index (χ4n) is 9.27. The number of aryl methyl sites for hydroxylation is 1. The number of amides is 3. The van der Waals surface area contributed by atoms with Crippen molar-refractivity contribution in [3.05, 3.63) is 114 Å². The normalized spacial score (nSPS) is 22.5. The number of carbonyl (C=O) groups excluding carboxylic acids is 3. The summed E-state index contributed by atoms with van der Waals surface area (Å²) in [4.78, 5) is 58.8. The number of aliphatic hydroxyl groups is 1. The Morgan fingerprint density at radius 2 is 1.45 bits per heavy atom. The quantitative estimate of drug-likeness (QED) is 0.176. The minimum absolute atomic E-state index is 0.0370. The lowest BCUT2D eigenvalue weighted by Crippen LogP contribution is -2.46. The fourth-order valence-corrected chi connectivity index (χ4v) is 11.9. The van der Waals surface area contributed by atoms with Gasteiger partial charge in [0.25, 0.3) is 17.7 Å². The highest BCUT2D eigenvalue weighted by molar-refractivity contribution is 6.71. The third kappa shape index (κ3) is 6.25. The zero-order valence-electron chi connectivity index (χ0n) is 32.4. The molecule has 0 bridgehead atoms. The second-order valence-corrected chi connectivity index (χ2v) is 19.8. The highest BCUT2D eigenvalue weighted by atomic mass is 28.4. The largest absolute Gasteiger partial charge is 0.482 e. The van der Waals surface area contributed by atoms with E-state index in [1.807, 2.05) is 111 Å². The van der Waals surface area contributed by atoms with E-state index in [1.165, 1.54) is 0 Å². The molecular formula is C43H44N6O8Si. The van der Waals surface area contributed by atoms with E-state index in [-0.39, 0.29) is 49.6 Å². The SMILES string of the molecule is C[C@@H]1[C@@H]([Si](C)(C)O)[C@H](CCn2cc(CCO)nn2)O[C@@]12C(=O)N(Cc1ccc(N3C(=O)COc4ccccc43)cc1)c1ccc(N3C(=O)COc4ccccc43)cc12. The van der Waals surface area contributed by atoms with Crippen molar-refractivity contribution in [3.63, 3.8) is 0 Å². The van der Waals surface area contributed by atoms with Gasteiger partial charge in [-0.05, 0) is 79.7 Å². The van der Waals surface area contributed by atoms with Gasteiger partial charge in [0.2, 0.25) is 0 Å². The Morgan fingerprint density at radius 1 is 0.828 bits per heavy atom. The maximum absolute atomic E-state index is 15.3. The third-order valence-corrected chi connectivity index (χ3v) is 14.3. The first-order chi connectivity index (χ1) is 28.0. The molecule has 5 aromatic rings. The van der Waals surface area contributed by atoms with Gasteiger partial charge in [0.05, 0.1) is 35.4 Å². The number of aromatic nitrogens is 3. The zero-order chi connectivity index (χ0) is 40.3. The lowest BCUT2D eigenvalue weighted by atomic mass is 9.82. The van der Waals surface area contributed by atoms with Crippen LogP contribution in [0, 0.1) is 5.92 Å². The van der Waals surface area contributed by atoms with E-state index in [9.17, 15) is 19.5 Å². The second kappa shape index (κ2) is 14.5. The van der Waals surface area contributed by atoms with Crippen molar-refractivity contribution in [2.24, 2.45) is 5.92 Å². The van der Waals surface area contributed by atoms with Crippen LogP contribution in [0.15, 0.2) is 97.2 Å². The second-order valence-electron chi connectivity index (χ2n) is 15.8. The summed E-state index contributed by atoms with van der Waals surface area (Å²) in [5, 5.41) is 17.8. The molecule has 1 fully saturated rings. The van der Waals surface area contributed by atoms with Gasteiger partial charge in [0, 0.05) is 54.2 Å². The van der Waals surface area contributed by atoms with E-state index in [4.69, 9.17) is 14.2 Å². The number of hydrogen-bond donors (Lipinski definition) is 2. The molecule has 0 saturated carbocycles. The molecule has 4 aliphatic rings. The molecule has 14 nitrogen and oxygen atoms in total. The number of rotatable bonds is 10. The number of aliphatic hydroxyl groups excluding tert-OH is 1. The van der Waals surface area contributed by atoms with Gasteiger partial charge in [0.1, 0.15) is 11.5 Å². The molecule has 0 unspecified atom stereocenters. The summed E-state index contributed by atoms with van der Waals surface area (Å²) in [6, 6.07) is 27.9. The Bertz CT molecular complexity index is 2420. The van der Waals surface area contributed by atoms with Crippen LogP contribution in [-0.2, 0) is 44.2 Å². The third-order valence-electron chi connectivity index (χ3n) is 11.8. The van der Waals surface area contributed by atoms with Gasteiger partial charge in [0.15, 0.2) is 27.1 Å². The number of benzene rings is 4. The fraction of sp³-hybridized carbons (Fsp3) is 0.326. The van der Waals surface area contributed by atoms with E-state index < -0.39 is 25.9 Å². The molecule has 4 atom stereocenters. The molecule has 4 aromatic carbocycles. The molecule has 298 valence electrons. The highest BCUT2D eigenvalue weighted by Crippen LogP contribution is 2.60. The topological polar surface area (TPSA) is 160 Å². The van der Waals surface area contributed by atoms with Crippen LogP contribution in [0.25, 0.3) is 0 Å². The minimum Gasteiger partial charge on any atom is -0.482 e. The van der Waals surface area contributed by atoms with E-state index in [0.29, 0.717) is 70.6 Å². The number of fused-ring (bicyclic) bond motifs is 4. The summed E-state index contributed by atoms with van der Waals surface area (Å²) in [5.41, 5.74) is 3.48. The van der Waals surface area contributed by atoms with Crippen molar-refractivity contribution in [2.45, 2.75) is 63.2 Å². The Hall–Kier alpha value is -5.87. The minimum atomic E-state index is -2.99. The van der Waals surface area contributed by atoms with E-state index in [1.54, 1.807) is 25.6 Å². The van der Waals surface area contributed by atoms with Crippen molar-refractivity contribution in [3.8, 4) is 11.5 Å². The highest BCUT2D eigenvalue weighted by Gasteiger charge is 2.66. The lowest BCUT2D eigenvalue weighted by Gasteiger charge is -2.33. The van der Waals surface area contributed by atoms with Crippen LogP contribution in [0.5, 0.6) is 11.5 Å². The molecular weight excluding hydrogens is 757 g/mol. The summed E-state index contributed by atoms with van der Waals surface area (Å²) >= 11 is 0. The van der Waals surface area contributed by atoms with Crippen molar-refractivity contribution in [2.75, 3.05) is 34.5 Å². The van der Waals surface area contributed by atoms with Crippen LogP contribution >= 0.6 is 0 Å². The van der Waals surface area contributed by atoms with Crippen LogP contribution in [-0.4, -0.2) is 76.9 Å². The number of hydrogen-bond acceptors (Lipinski definition) is 10. The van der Waals surface area contributed by atoms with Crippen LogP contribution < -0.4 is 24.2 Å². The Labute approximate surface area is 336 Å². The molecule has 2 N–H and O–H groups in total. The number of anilines is 5. The number of nitrogens with zero attached hydrogens (tertiary/aromatic N) is 6. The van der Waals surface area contributed by atoms with Gasteiger partial charge in [-0.3, -0.25) is 28.9 Å². The maximum atomic E-state index is 15.3. The monoisotopic (exact) mass is 800 g/mol. The summed E-state index contributed by atoms with van der Waals surface area (Å²) in [7, 11) is -2.99. The molecule has 1 saturated heterocycles. The van der Waals surface area contributed by atoms with Gasteiger partial charge >= 0.3 is 0 Å². The van der Waals surface area contributed by atoms with Crippen molar-refractivity contribution >= 4 is 54.5 Å². The summed E-state index contributed by atoms with van der Waals surface area (Å²) < 4.78 is 20.2. The number of carbonyl (C=O) groups is 3. The van der Waals surface area contributed by atoms with Gasteiger partial charge in [-0.2, -0.15) is 0 Å². The van der Waals surface area contributed by atoms with Crippen LogP contribution in [0.4, 0.5) is 28.4 Å². The molecule has 1 spiro atoms. The van der Waals surface area contributed by atoms with Crippen molar-refractivity contribution in [1.29, 1.82) is 0 Å². The van der Waals surface area contributed by atoms with Crippen LogP contribution in [0.2, 0.25) is 18.6 Å². The first kappa shape index (κ1) is 37.7. The maximum Gasteiger partial charge on any atom is 0.269 e. The Morgan fingerprint density at radius 3 is 2.09 bits per heavy atom. The van der Waals surface area contributed by atoms with Crippen molar-refractivity contribution < 1.29 is 38.5 Å². The predicted octanol–water partition coefficient (Wildman–Crippen LogP) is 5.36. The summed E-state index contributed by atoms with van der Waals surface area (Å²) in [5.74, 6) is 0.0770. The molecule has 9 rings (SSSR count). The van der Waals surface area contributed by atoms with Crippen LogP contribution in [0.3, 0.4) is 0 Å². The van der Waals surface area contributed by atoms with Gasteiger partial charge in [-0.25, -0.2) is 0 Å². The first-order valence-corrected chi connectivity index (χ1v) is 22.6. The van der Waals surface area contributed by atoms with Gasteiger partial charge in [-0.1, -0.05) is 48.5 Å². The average Bonchev–Trinajstić information content (AvgIpc) is 3.86. The molecule has 1 aromatic heterocycles. The molecule has 15 heteroatoms. The van der Waals surface area contributed by atoms with Gasteiger partial charge in [-0.15, -0.1) is 5.10 Å². The van der Waals surface area contributed by atoms with Crippen LogP contribution in [0.1, 0.15) is 30.2 Å². The zero-order valence-corrected chi connectivity index (χ0v) is 33.4. The molecule has 5 heterocycles. The first-order valence-electron chi connectivity index (χ1n) is 19.5. The smallest absolute Gasteiger partial charge is 0.269 e. The average molecular weight is 801 g/mol. The molecule has 0 radical (unpaired) electrons. The Balaban J connectivity index is 1.10. The van der Waals surface area contributed by atoms with E-state index >= 15 is 4.79 Å². The lowest BCUT2D eigenvalue weighted by molar-refractivity contribution is -0.146. The van der Waals surface area contributed by atoms with Gasteiger partial charge < -0.3 is 29.0 Å². The van der Waals surface area contributed by atoms with E-state index in [2.05, 4.69) is 10.3 Å². The molecule has 0 aliphatic carbocycles.